The second-order valence-electron chi connectivity index (χ2n) is 3.87. The maximum Gasteiger partial charge on any atom is 0.324 e. The standard InChI is InChI=1S/C10H18N2O2/c1-4-5-6-12-9(13)7(2)8(3)11-10(12)14/h7-8H,4-6H2,1-3H3,(H,11,14). The third-order valence-corrected chi connectivity index (χ3v) is 2.74. The molecule has 1 N–H and O–H groups in total. The van der Waals surface area contributed by atoms with Gasteiger partial charge >= 0.3 is 6.03 Å². The Bertz CT molecular complexity index is 240. The minimum atomic E-state index is -0.242. The van der Waals surface area contributed by atoms with Crippen molar-refractivity contribution >= 4 is 11.9 Å². The van der Waals surface area contributed by atoms with Crippen LogP contribution in [0.3, 0.4) is 0 Å². The van der Waals surface area contributed by atoms with Gasteiger partial charge in [-0.15, -0.1) is 0 Å². The van der Waals surface area contributed by atoms with Gasteiger partial charge in [-0.2, -0.15) is 0 Å². The van der Waals surface area contributed by atoms with Crippen molar-refractivity contribution in [2.24, 2.45) is 5.92 Å². The average Bonchev–Trinajstić information content (AvgIpc) is 2.14. The topological polar surface area (TPSA) is 49.4 Å². The smallest absolute Gasteiger partial charge is 0.324 e. The molecule has 3 amide bonds. The Morgan fingerprint density at radius 2 is 2.00 bits per heavy atom. The molecule has 1 aliphatic heterocycles. The zero-order valence-electron chi connectivity index (χ0n) is 9.04. The second-order valence-corrected chi connectivity index (χ2v) is 3.87. The number of hydrogen-bond donors (Lipinski definition) is 1. The molecular weight excluding hydrogens is 180 g/mol. The molecule has 1 saturated heterocycles. The summed E-state index contributed by atoms with van der Waals surface area (Å²) in [6.45, 7) is 6.29. The molecule has 0 aromatic heterocycles. The number of urea groups is 1. The van der Waals surface area contributed by atoms with E-state index in [9.17, 15) is 9.59 Å². The van der Waals surface area contributed by atoms with Gasteiger partial charge in [-0.25, -0.2) is 4.79 Å². The molecule has 0 radical (unpaired) electrons. The first-order valence-corrected chi connectivity index (χ1v) is 5.19. The first-order valence-electron chi connectivity index (χ1n) is 5.19. The Morgan fingerprint density at radius 1 is 1.36 bits per heavy atom. The number of nitrogens with one attached hydrogen (secondary N) is 1. The number of carbonyl (C=O) groups is 2. The van der Waals surface area contributed by atoms with Gasteiger partial charge in [-0.05, 0) is 13.3 Å². The Kier molecular flexibility index (Phi) is 3.49. The average molecular weight is 198 g/mol. The zero-order valence-corrected chi connectivity index (χ0v) is 9.04. The minimum Gasteiger partial charge on any atom is -0.334 e. The summed E-state index contributed by atoms with van der Waals surface area (Å²) >= 11 is 0. The maximum atomic E-state index is 11.7. The molecule has 0 aromatic carbocycles. The lowest BCUT2D eigenvalue weighted by atomic mass is 10.00. The predicted octanol–water partition coefficient (Wildman–Crippen LogP) is 1.36. The molecule has 0 aromatic rings. The van der Waals surface area contributed by atoms with Gasteiger partial charge in [-0.1, -0.05) is 20.3 Å². The van der Waals surface area contributed by atoms with Gasteiger partial charge < -0.3 is 5.32 Å². The Morgan fingerprint density at radius 3 is 2.57 bits per heavy atom. The van der Waals surface area contributed by atoms with E-state index in [2.05, 4.69) is 5.32 Å². The molecule has 0 bridgehead atoms. The zero-order chi connectivity index (χ0) is 10.7. The lowest BCUT2D eigenvalue weighted by Crippen LogP contribution is -2.58. The number of imide groups is 1. The molecule has 14 heavy (non-hydrogen) atoms. The van der Waals surface area contributed by atoms with E-state index >= 15 is 0 Å². The molecule has 2 unspecified atom stereocenters. The lowest BCUT2D eigenvalue weighted by molar-refractivity contribution is -0.134. The SMILES string of the molecule is CCCCN1C(=O)NC(C)C(C)C1=O. The predicted molar refractivity (Wildman–Crippen MR) is 53.8 cm³/mol. The van der Waals surface area contributed by atoms with Gasteiger partial charge in [0.1, 0.15) is 0 Å². The number of unbranched alkanes of at least 4 members (excludes halogenated alkanes) is 1. The van der Waals surface area contributed by atoms with Crippen molar-refractivity contribution in [1.29, 1.82) is 0 Å². The summed E-state index contributed by atoms with van der Waals surface area (Å²) in [4.78, 5) is 24.5. The number of hydrogen-bond acceptors (Lipinski definition) is 2. The normalized spacial score (nSPS) is 27.8. The highest BCUT2D eigenvalue weighted by Crippen LogP contribution is 2.14. The van der Waals surface area contributed by atoms with Gasteiger partial charge in [0.2, 0.25) is 5.91 Å². The molecule has 1 heterocycles. The summed E-state index contributed by atoms with van der Waals surface area (Å²) < 4.78 is 0. The molecule has 0 saturated carbocycles. The summed E-state index contributed by atoms with van der Waals surface area (Å²) in [6.07, 6.45) is 1.86. The third kappa shape index (κ3) is 2.05. The van der Waals surface area contributed by atoms with Crippen LogP contribution < -0.4 is 5.32 Å². The van der Waals surface area contributed by atoms with Gasteiger partial charge in [0.25, 0.3) is 0 Å². The lowest BCUT2D eigenvalue weighted by Gasteiger charge is -2.34. The van der Waals surface area contributed by atoms with Crippen LogP contribution in [0.25, 0.3) is 0 Å². The van der Waals surface area contributed by atoms with Gasteiger partial charge in [0, 0.05) is 12.6 Å². The van der Waals surface area contributed by atoms with Crippen molar-refractivity contribution in [3.05, 3.63) is 0 Å². The van der Waals surface area contributed by atoms with Crippen LogP contribution in [0.4, 0.5) is 4.79 Å². The minimum absolute atomic E-state index is 0.0466. The van der Waals surface area contributed by atoms with Crippen LogP contribution in [-0.2, 0) is 4.79 Å². The van der Waals surface area contributed by atoms with Gasteiger partial charge in [0.15, 0.2) is 0 Å². The van der Waals surface area contributed by atoms with E-state index in [1.807, 2.05) is 20.8 Å². The van der Waals surface area contributed by atoms with Crippen LogP contribution >= 0.6 is 0 Å². The second kappa shape index (κ2) is 4.44. The monoisotopic (exact) mass is 198 g/mol. The van der Waals surface area contributed by atoms with E-state index in [0.29, 0.717) is 6.54 Å². The van der Waals surface area contributed by atoms with Crippen LogP contribution in [0.2, 0.25) is 0 Å². The Labute approximate surface area is 84.7 Å². The van der Waals surface area contributed by atoms with Gasteiger partial charge in [-0.3, -0.25) is 9.69 Å². The van der Waals surface area contributed by atoms with Crippen LogP contribution in [0.5, 0.6) is 0 Å². The Balaban J connectivity index is 2.64. The molecule has 80 valence electrons. The van der Waals surface area contributed by atoms with Crippen LogP contribution in [-0.4, -0.2) is 29.4 Å². The molecule has 1 aliphatic rings. The fraction of sp³-hybridized carbons (Fsp3) is 0.800. The van der Waals surface area contributed by atoms with Crippen molar-refractivity contribution in [3.63, 3.8) is 0 Å². The number of carbonyl (C=O) groups excluding carboxylic acids is 2. The van der Waals surface area contributed by atoms with E-state index in [-0.39, 0.29) is 23.9 Å². The number of amides is 3. The van der Waals surface area contributed by atoms with Crippen molar-refractivity contribution in [2.75, 3.05) is 6.54 Å². The molecule has 1 fully saturated rings. The van der Waals surface area contributed by atoms with E-state index in [1.165, 1.54) is 4.90 Å². The fourth-order valence-corrected chi connectivity index (χ4v) is 1.49. The first-order chi connectivity index (χ1) is 6.57. The van der Waals surface area contributed by atoms with Crippen LogP contribution in [0.1, 0.15) is 33.6 Å². The van der Waals surface area contributed by atoms with E-state index in [0.717, 1.165) is 12.8 Å². The molecule has 2 atom stereocenters. The van der Waals surface area contributed by atoms with Crippen LogP contribution in [0, 0.1) is 5.92 Å². The van der Waals surface area contributed by atoms with Crippen molar-refractivity contribution in [3.8, 4) is 0 Å². The van der Waals surface area contributed by atoms with E-state index in [4.69, 9.17) is 0 Å². The largest absolute Gasteiger partial charge is 0.334 e. The van der Waals surface area contributed by atoms with Crippen LogP contribution in [0.15, 0.2) is 0 Å². The Hall–Kier alpha value is -1.06. The highest BCUT2D eigenvalue weighted by molar-refractivity contribution is 5.98. The molecule has 1 rings (SSSR count). The van der Waals surface area contributed by atoms with Crippen molar-refractivity contribution < 1.29 is 9.59 Å². The summed E-state index contributed by atoms with van der Waals surface area (Å²) in [7, 11) is 0. The first kappa shape index (κ1) is 11.0. The van der Waals surface area contributed by atoms with E-state index < -0.39 is 0 Å². The number of rotatable bonds is 3. The quantitative estimate of drug-likeness (QED) is 0.744. The third-order valence-electron chi connectivity index (χ3n) is 2.74. The molecule has 0 spiro atoms. The fourth-order valence-electron chi connectivity index (χ4n) is 1.49. The summed E-state index contributed by atoms with van der Waals surface area (Å²) in [5.41, 5.74) is 0. The molecule has 4 heteroatoms. The van der Waals surface area contributed by atoms with Crippen molar-refractivity contribution in [2.45, 2.75) is 39.7 Å². The number of nitrogens with zero attached hydrogens (tertiary/aromatic N) is 1. The molecule has 4 nitrogen and oxygen atoms in total. The maximum absolute atomic E-state index is 11.7. The summed E-state index contributed by atoms with van der Waals surface area (Å²) in [6, 6.07) is -0.290. The van der Waals surface area contributed by atoms with Crippen molar-refractivity contribution in [1.82, 2.24) is 10.2 Å². The summed E-state index contributed by atoms with van der Waals surface area (Å²) in [5.74, 6) is -0.153. The molecular formula is C10H18N2O2. The summed E-state index contributed by atoms with van der Waals surface area (Å²) in [5, 5.41) is 2.78. The highest BCUT2D eigenvalue weighted by Gasteiger charge is 2.35. The van der Waals surface area contributed by atoms with E-state index in [1.54, 1.807) is 0 Å². The molecule has 0 aliphatic carbocycles. The highest BCUT2D eigenvalue weighted by atomic mass is 16.2. The van der Waals surface area contributed by atoms with Gasteiger partial charge in [0.05, 0.1) is 5.92 Å².